The van der Waals surface area contributed by atoms with Gasteiger partial charge in [0.2, 0.25) is 0 Å². The minimum absolute atomic E-state index is 0.0157. The lowest BCUT2D eigenvalue weighted by Crippen LogP contribution is -2.32. The Hall–Kier alpha value is -0.210. The Morgan fingerprint density at radius 1 is 0.778 bits per heavy atom. The van der Waals surface area contributed by atoms with Crippen molar-refractivity contribution in [2.45, 2.75) is 120 Å². The van der Waals surface area contributed by atoms with Gasteiger partial charge in [0.1, 0.15) is 6.17 Å². The van der Waals surface area contributed by atoms with E-state index in [4.69, 9.17) is 0 Å². The van der Waals surface area contributed by atoms with Crippen molar-refractivity contribution in [1.82, 2.24) is 0 Å². The van der Waals surface area contributed by atoms with E-state index in [0.29, 0.717) is 18.3 Å². The van der Waals surface area contributed by atoms with Crippen LogP contribution in [-0.4, -0.2) is 12.1 Å². The Labute approximate surface area is 168 Å². The third kappa shape index (κ3) is 10.8. The van der Waals surface area contributed by atoms with Crippen LogP contribution in [-0.2, 0) is 0 Å². The molecule has 0 amide bonds. The minimum atomic E-state index is -2.62. The molecule has 3 heteroatoms. The molecule has 0 N–H and O–H groups in total. The smallest absolute Gasteiger partial charge is 0.247 e. The Morgan fingerprint density at radius 2 is 1.30 bits per heavy atom. The SMILES string of the molecule is CC(C)CC(C)(CCC(C)CC(C)(C)CC(F)(F)C(C)C)CC(F)C(C)C. The third-order valence-electron chi connectivity index (χ3n) is 6.01. The maximum atomic E-state index is 14.4. The van der Waals surface area contributed by atoms with Crippen molar-refractivity contribution in [3.05, 3.63) is 0 Å². The lowest BCUT2D eigenvalue weighted by Gasteiger charge is -2.37. The van der Waals surface area contributed by atoms with Crippen LogP contribution in [0.4, 0.5) is 13.2 Å². The lowest BCUT2D eigenvalue weighted by molar-refractivity contribution is -0.0819. The number of hydrogen-bond acceptors (Lipinski definition) is 0. The van der Waals surface area contributed by atoms with Crippen LogP contribution in [0.15, 0.2) is 0 Å². The highest BCUT2D eigenvalue weighted by atomic mass is 19.3. The molecule has 0 aliphatic rings. The van der Waals surface area contributed by atoms with Gasteiger partial charge in [-0.25, -0.2) is 13.2 Å². The van der Waals surface area contributed by atoms with Gasteiger partial charge >= 0.3 is 0 Å². The average Bonchev–Trinajstić information content (AvgIpc) is 2.42. The van der Waals surface area contributed by atoms with E-state index in [1.807, 2.05) is 27.7 Å². The standard InChI is InChI=1S/C24H47F3/c1-17(2)13-23(10,15-21(25)18(3)4)12-11-20(7)14-22(8,9)16-24(26,27)19(5)6/h17-21H,11-16H2,1-10H3. The molecule has 0 aromatic heterocycles. The minimum Gasteiger partial charge on any atom is -0.247 e. The summed E-state index contributed by atoms with van der Waals surface area (Å²) in [4.78, 5) is 0. The maximum absolute atomic E-state index is 14.4. The molecule has 3 atom stereocenters. The first-order valence-corrected chi connectivity index (χ1v) is 11.0. The summed E-state index contributed by atoms with van der Waals surface area (Å²) in [6.07, 6.45) is 3.51. The first-order chi connectivity index (χ1) is 12.0. The Morgan fingerprint density at radius 3 is 1.70 bits per heavy atom. The van der Waals surface area contributed by atoms with Gasteiger partial charge in [-0.2, -0.15) is 0 Å². The molecule has 3 unspecified atom stereocenters. The van der Waals surface area contributed by atoms with E-state index in [2.05, 4.69) is 27.7 Å². The summed E-state index contributed by atoms with van der Waals surface area (Å²) in [5, 5.41) is 0. The van der Waals surface area contributed by atoms with Crippen LogP contribution in [0.2, 0.25) is 0 Å². The topological polar surface area (TPSA) is 0 Å². The summed E-state index contributed by atoms with van der Waals surface area (Å²) >= 11 is 0. The zero-order valence-corrected chi connectivity index (χ0v) is 19.8. The number of halogens is 3. The summed E-state index contributed by atoms with van der Waals surface area (Å²) in [5.41, 5.74) is -0.402. The second kappa shape index (κ2) is 10.5. The number of rotatable bonds is 13. The van der Waals surface area contributed by atoms with E-state index in [0.717, 1.165) is 25.7 Å². The van der Waals surface area contributed by atoms with Gasteiger partial charge in [-0.1, -0.05) is 75.7 Å². The molecule has 0 saturated carbocycles. The van der Waals surface area contributed by atoms with Crippen molar-refractivity contribution in [2.24, 2.45) is 34.5 Å². The number of alkyl halides is 3. The molecule has 0 aromatic carbocycles. The van der Waals surface area contributed by atoms with Crippen LogP contribution in [0.1, 0.15) is 108 Å². The predicted molar refractivity (Wildman–Crippen MR) is 113 cm³/mol. The number of hydrogen-bond donors (Lipinski definition) is 0. The van der Waals surface area contributed by atoms with Crippen LogP contribution < -0.4 is 0 Å². The van der Waals surface area contributed by atoms with Gasteiger partial charge in [0, 0.05) is 12.3 Å². The first-order valence-electron chi connectivity index (χ1n) is 11.0. The van der Waals surface area contributed by atoms with Gasteiger partial charge < -0.3 is 0 Å². The van der Waals surface area contributed by atoms with Crippen molar-refractivity contribution in [3.8, 4) is 0 Å². The molecule has 0 fully saturated rings. The maximum Gasteiger partial charge on any atom is 0.250 e. The van der Waals surface area contributed by atoms with Gasteiger partial charge in [0.15, 0.2) is 0 Å². The summed E-state index contributed by atoms with van der Waals surface area (Å²) in [5.74, 6) is -2.30. The van der Waals surface area contributed by atoms with E-state index < -0.39 is 18.0 Å². The third-order valence-corrected chi connectivity index (χ3v) is 6.01. The Kier molecular flexibility index (Phi) is 10.5. The molecule has 0 heterocycles. The van der Waals surface area contributed by atoms with Crippen LogP contribution in [0.25, 0.3) is 0 Å². The van der Waals surface area contributed by atoms with Crippen molar-refractivity contribution < 1.29 is 13.2 Å². The van der Waals surface area contributed by atoms with E-state index in [1.54, 1.807) is 13.8 Å². The van der Waals surface area contributed by atoms with Gasteiger partial charge in [-0.15, -0.1) is 0 Å². The highest BCUT2D eigenvalue weighted by Gasteiger charge is 2.40. The van der Waals surface area contributed by atoms with Crippen LogP contribution in [0.5, 0.6) is 0 Å². The highest BCUT2D eigenvalue weighted by molar-refractivity contribution is 4.84. The fourth-order valence-electron chi connectivity index (χ4n) is 4.53. The normalized spacial score (nSPS) is 18.2. The highest BCUT2D eigenvalue weighted by Crippen LogP contribution is 2.43. The zero-order valence-electron chi connectivity index (χ0n) is 19.8. The van der Waals surface area contributed by atoms with Gasteiger partial charge in [-0.3, -0.25) is 0 Å². The monoisotopic (exact) mass is 392 g/mol. The molecule has 0 spiro atoms. The molecule has 0 saturated heterocycles. The van der Waals surface area contributed by atoms with Gasteiger partial charge in [-0.05, 0) is 54.3 Å². The van der Waals surface area contributed by atoms with E-state index in [1.165, 1.54) is 0 Å². The molecule has 0 aliphatic carbocycles. The van der Waals surface area contributed by atoms with Crippen LogP contribution >= 0.6 is 0 Å². The Bertz CT molecular complexity index is 412. The van der Waals surface area contributed by atoms with Crippen molar-refractivity contribution in [3.63, 3.8) is 0 Å². The van der Waals surface area contributed by atoms with Crippen molar-refractivity contribution in [2.75, 3.05) is 0 Å². The molecule has 0 aromatic rings. The molecule has 0 aliphatic heterocycles. The van der Waals surface area contributed by atoms with Crippen molar-refractivity contribution in [1.29, 1.82) is 0 Å². The summed E-state index contributed by atoms with van der Waals surface area (Å²) in [6, 6.07) is 0. The lowest BCUT2D eigenvalue weighted by atomic mass is 9.70. The summed E-state index contributed by atoms with van der Waals surface area (Å²) in [7, 11) is 0. The summed E-state index contributed by atoms with van der Waals surface area (Å²) < 4.78 is 42.8. The molecular formula is C24H47F3. The van der Waals surface area contributed by atoms with Crippen molar-refractivity contribution >= 4 is 0 Å². The van der Waals surface area contributed by atoms with Gasteiger partial charge in [0.25, 0.3) is 5.92 Å². The quantitative estimate of drug-likeness (QED) is 0.293. The molecule has 0 bridgehead atoms. The Balaban J connectivity index is 4.86. The van der Waals surface area contributed by atoms with E-state index in [9.17, 15) is 13.2 Å². The molecule has 164 valence electrons. The molecule has 27 heavy (non-hydrogen) atoms. The van der Waals surface area contributed by atoms with E-state index in [-0.39, 0.29) is 23.2 Å². The first kappa shape index (κ1) is 26.8. The fraction of sp³-hybridized carbons (Fsp3) is 1.00. The van der Waals surface area contributed by atoms with Gasteiger partial charge in [0.05, 0.1) is 0 Å². The fourth-order valence-corrected chi connectivity index (χ4v) is 4.53. The zero-order chi connectivity index (χ0) is 21.6. The van der Waals surface area contributed by atoms with E-state index >= 15 is 0 Å². The summed E-state index contributed by atoms with van der Waals surface area (Å²) in [6.45, 7) is 19.8. The second-order valence-electron chi connectivity index (χ2n) is 11.5. The van der Waals surface area contributed by atoms with Crippen LogP contribution in [0, 0.1) is 34.5 Å². The second-order valence-corrected chi connectivity index (χ2v) is 11.5. The molecule has 0 rings (SSSR count). The molecule has 0 radical (unpaired) electrons. The average molecular weight is 393 g/mol. The molecular weight excluding hydrogens is 345 g/mol. The predicted octanol–water partition coefficient (Wildman–Crippen LogP) is 8.94. The van der Waals surface area contributed by atoms with Crippen LogP contribution in [0.3, 0.4) is 0 Å². The largest absolute Gasteiger partial charge is 0.250 e. The molecule has 0 nitrogen and oxygen atoms in total.